The van der Waals surface area contributed by atoms with E-state index in [2.05, 4.69) is 16.7 Å². The van der Waals surface area contributed by atoms with Crippen molar-refractivity contribution in [3.05, 3.63) is 66.1 Å². The highest BCUT2D eigenvalue weighted by Crippen LogP contribution is 2.21. The maximum Gasteiger partial charge on any atom is 0.287 e. The summed E-state index contributed by atoms with van der Waals surface area (Å²) in [6.07, 6.45) is -0.423. The van der Waals surface area contributed by atoms with E-state index in [4.69, 9.17) is 9.15 Å². The molecule has 0 spiro atoms. The molecule has 0 aliphatic carbocycles. The molecule has 2 unspecified atom stereocenters. The molecule has 1 aliphatic heterocycles. The van der Waals surface area contributed by atoms with E-state index in [0.717, 1.165) is 16.5 Å². The normalized spacial score (nSPS) is 18.6. The smallest absolute Gasteiger partial charge is 0.287 e. The number of carbonyl (C=O) groups excluding carboxylic acids is 1. The van der Waals surface area contributed by atoms with Gasteiger partial charge in [-0.15, -0.1) is 12.4 Å². The summed E-state index contributed by atoms with van der Waals surface area (Å²) >= 11 is 0. The highest BCUT2D eigenvalue weighted by Gasteiger charge is 2.25. The van der Waals surface area contributed by atoms with E-state index < -0.39 is 6.10 Å². The second kappa shape index (κ2) is 9.10. The number of amides is 1. The van der Waals surface area contributed by atoms with Crippen molar-refractivity contribution in [2.75, 3.05) is 19.6 Å². The summed E-state index contributed by atoms with van der Waals surface area (Å²) < 4.78 is 11.4. The minimum absolute atomic E-state index is 0. The topological polar surface area (TPSA) is 83.7 Å². The van der Waals surface area contributed by atoms with Crippen LogP contribution < -0.4 is 15.4 Å². The largest absolute Gasteiger partial charge is 0.486 e. The van der Waals surface area contributed by atoms with Crippen LogP contribution in [0.1, 0.15) is 16.3 Å². The van der Waals surface area contributed by atoms with Crippen molar-refractivity contribution < 1.29 is 19.1 Å². The molecule has 1 saturated heterocycles. The number of carbonyl (C=O) groups is 1. The average molecular weight is 403 g/mol. The van der Waals surface area contributed by atoms with Gasteiger partial charge in [-0.2, -0.15) is 0 Å². The minimum Gasteiger partial charge on any atom is -0.486 e. The molecule has 6 nitrogen and oxygen atoms in total. The van der Waals surface area contributed by atoms with Crippen LogP contribution in [0.2, 0.25) is 0 Å². The van der Waals surface area contributed by atoms with Gasteiger partial charge < -0.3 is 24.9 Å². The van der Waals surface area contributed by atoms with Gasteiger partial charge in [-0.1, -0.05) is 30.3 Å². The van der Waals surface area contributed by atoms with Gasteiger partial charge in [0, 0.05) is 25.6 Å². The Morgan fingerprint density at radius 1 is 1.14 bits per heavy atom. The van der Waals surface area contributed by atoms with Crippen LogP contribution in [0, 0.1) is 5.92 Å². The molecule has 1 aliphatic rings. The van der Waals surface area contributed by atoms with Gasteiger partial charge in [0.15, 0.2) is 5.76 Å². The summed E-state index contributed by atoms with van der Waals surface area (Å²) in [6, 6.07) is 17.4. The summed E-state index contributed by atoms with van der Waals surface area (Å²) in [4.78, 5) is 12.2. The van der Waals surface area contributed by atoms with Crippen LogP contribution in [-0.4, -0.2) is 36.8 Å². The van der Waals surface area contributed by atoms with Crippen molar-refractivity contribution in [3.63, 3.8) is 0 Å². The van der Waals surface area contributed by atoms with Crippen molar-refractivity contribution in [2.24, 2.45) is 5.92 Å². The summed E-state index contributed by atoms with van der Waals surface area (Å²) in [5, 5.41) is 17.9. The first kappa shape index (κ1) is 20.2. The predicted molar refractivity (Wildman–Crippen MR) is 109 cm³/mol. The fourth-order valence-electron chi connectivity index (χ4n) is 3.23. The zero-order valence-corrected chi connectivity index (χ0v) is 16.1. The molecule has 28 heavy (non-hydrogen) atoms. The van der Waals surface area contributed by atoms with Gasteiger partial charge in [0.05, 0.1) is 6.10 Å². The molecule has 3 N–H and O–H groups in total. The fraction of sp³-hybridized carbons (Fsp3) is 0.286. The number of aliphatic hydroxyl groups excluding tert-OH is 1. The number of nitrogens with one attached hydrogen (secondary N) is 2. The van der Waals surface area contributed by atoms with Gasteiger partial charge >= 0.3 is 0 Å². The van der Waals surface area contributed by atoms with Crippen LogP contribution in [0.15, 0.2) is 59.0 Å². The van der Waals surface area contributed by atoms with Gasteiger partial charge in [-0.05, 0) is 35.0 Å². The molecule has 148 valence electrons. The van der Waals surface area contributed by atoms with E-state index in [1.807, 2.05) is 36.4 Å². The molecule has 4 rings (SSSR count). The van der Waals surface area contributed by atoms with E-state index in [1.54, 1.807) is 12.1 Å². The summed E-state index contributed by atoms with van der Waals surface area (Å²) in [5.74, 6) is 1.31. The zero-order chi connectivity index (χ0) is 18.6. The molecule has 7 heteroatoms. The van der Waals surface area contributed by atoms with E-state index in [1.165, 1.54) is 0 Å². The second-order valence-electron chi connectivity index (χ2n) is 6.76. The number of rotatable bonds is 6. The summed E-state index contributed by atoms with van der Waals surface area (Å²) in [5.41, 5.74) is 0. The first-order valence-corrected chi connectivity index (χ1v) is 9.06. The molecule has 2 aromatic carbocycles. The molecule has 1 aromatic heterocycles. The van der Waals surface area contributed by atoms with Crippen molar-refractivity contribution in [1.82, 2.24) is 10.6 Å². The van der Waals surface area contributed by atoms with E-state index in [-0.39, 0.29) is 36.6 Å². The number of benzene rings is 2. The molecule has 3 aromatic rings. The van der Waals surface area contributed by atoms with E-state index in [0.29, 0.717) is 25.4 Å². The van der Waals surface area contributed by atoms with Gasteiger partial charge in [-0.25, -0.2) is 0 Å². The van der Waals surface area contributed by atoms with Crippen molar-refractivity contribution >= 4 is 29.1 Å². The first-order chi connectivity index (χ1) is 13.2. The maximum absolute atomic E-state index is 12.2. The number of ether oxygens (including phenoxy) is 1. The predicted octanol–water partition coefficient (Wildman–Crippen LogP) is 2.74. The number of hydrogen-bond donors (Lipinski definition) is 3. The Balaban J connectivity index is 0.00000225. The molecular formula is C21H23ClN2O4. The van der Waals surface area contributed by atoms with E-state index in [9.17, 15) is 9.90 Å². The number of β-amino-alcohol motifs (C(OH)–C–C–N with tert-alkyl or cyclic N) is 1. The lowest BCUT2D eigenvalue weighted by molar-refractivity contribution is 0.0896. The monoisotopic (exact) mass is 402 g/mol. The standard InChI is InChI=1S/C21H22N2O4.ClH/c24-19-12-22-10-16(19)11-23-21(25)20-8-7-18(27-20)13-26-17-6-5-14-3-1-2-4-15(14)9-17;/h1-9,16,19,22,24H,10-13H2,(H,23,25);1H. The Labute approximate surface area is 169 Å². The number of furan rings is 1. The molecule has 0 bridgehead atoms. The van der Waals surface area contributed by atoms with Gasteiger partial charge in [-0.3, -0.25) is 4.79 Å². The van der Waals surface area contributed by atoms with Crippen LogP contribution >= 0.6 is 12.4 Å². The molecule has 2 heterocycles. The second-order valence-corrected chi connectivity index (χ2v) is 6.76. The van der Waals surface area contributed by atoms with Gasteiger partial charge in [0.2, 0.25) is 0 Å². The Morgan fingerprint density at radius 2 is 1.96 bits per heavy atom. The molecule has 2 atom stereocenters. The third kappa shape index (κ3) is 4.65. The van der Waals surface area contributed by atoms with Crippen LogP contribution in [-0.2, 0) is 6.61 Å². The van der Waals surface area contributed by atoms with Crippen molar-refractivity contribution in [2.45, 2.75) is 12.7 Å². The summed E-state index contributed by atoms with van der Waals surface area (Å²) in [6.45, 7) is 1.93. The highest BCUT2D eigenvalue weighted by molar-refractivity contribution is 5.91. The Kier molecular flexibility index (Phi) is 6.57. The Hall–Kier alpha value is -2.54. The van der Waals surface area contributed by atoms with Crippen molar-refractivity contribution in [3.8, 4) is 5.75 Å². The zero-order valence-electron chi connectivity index (χ0n) is 15.3. The lowest BCUT2D eigenvalue weighted by atomic mass is 10.1. The molecule has 0 saturated carbocycles. The molecule has 1 fully saturated rings. The van der Waals surface area contributed by atoms with Crippen LogP contribution in [0.25, 0.3) is 10.8 Å². The minimum atomic E-state index is -0.423. The Bertz CT molecular complexity index is 943. The number of aliphatic hydroxyl groups is 1. The van der Waals surface area contributed by atoms with Crippen LogP contribution in [0.5, 0.6) is 5.75 Å². The first-order valence-electron chi connectivity index (χ1n) is 9.06. The van der Waals surface area contributed by atoms with Crippen LogP contribution in [0.4, 0.5) is 0 Å². The number of fused-ring (bicyclic) bond motifs is 1. The van der Waals surface area contributed by atoms with E-state index >= 15 is 0 Å². The van der Waals surface area contributed by atoms with Crippen LogP contribution in [0.3, 0.4) is 0 Å². The summed E-state index contributed by atoms with van der Waals surface area (Å²) in [7, 11) is 0. The van der Waals surface area contributed by atoms with Gasteiger partial charge in [0.25, 0.3) is 5.91 Å². The lowest BCUT2D eigenvalue weighted by Gasteiger charge is -2.13. The SMILES string of the molecule is Cl.O=C(NCC1CNCC1O)c1ccc(COc2ccc3ccccc3c2)o1. The molecule has 0 radical (unpaired) electrons. The Morgan fingerprint density at radius 3 is 2.75 bits per heavy atom. The average Bonchev–Trinajstić information content (AvgIpc) is 3.33. The maximum atomic E-state index is 12.2. The highest BCUT2D eigenvalue weighted by atomic mass is 35.5. The van der Waals surface area contributed by atoms with Gasteiger partial charge in [0.1, 0.15) is 18.1 Å². The number of hydrogen-bond acceptors (Lipinski definition) is 5. The number of halogens is 1. The molecular weight excluding hydrogens is 380 g/mol. The van der Waals surface area contributed by atoms with Crippen molar-refractivity contribution in [1.29, 1.82) is 0 Å². The third-order valence-electron chi connectivity index (χ3n) is 4.82. The molecule has 1 amide bonds. The fourth-order valence-corrected chi connectivity index (χ4v) is 3.23. The quantitative estimate of drug-likeness (QED) is 0.590. The lowest BCUT2D eigenvalue weighted by Crippen LogP contribution is -2.34. The third-order valence-corrected chi connectivity index (χ3v) is 4.82.